The Morgan fingerprint density at radius 2 is 1.45 bits per heavy atom. The summed E-state index contributed by atoms with van der Waals surface area (Å²) < 4.78 is 86.2. The Balaban J connectivity index is 3.64. The summed E-state index contributed by atoms with van der Waals surface area (Å²) in [6.45, 7) is 4.08. The van der Waals surface area contributed by atoms with E-state index in [1.807, 2.05) is 13.8 Å². The SMILES string of the molecule is CCCCOCCOC(=O)C([C@H](c1ccccc1S(=O)(=O)C(F)(F)F)[C@@H](C(C)=O)C(=O)OCCOCCCC)=[N+]([O-])O. The van der Waals surface area contributed by atoms with E-state index in [9.17, 15) is 46.4 Å². The summed E-state index contributed by atoms with van der Waals surface area (Å²) in [7, 11) is -6.15. The average molecular weight is 628 g/mol. The van der Waals surface area contributed by atoms with Crippen LogP contribution < -0.4 is 0 Å². The van der Waals surface area contributed by atoms with Crippen LogP contribution >= 0.6 is 0 Å². The number of Topliss-reactive ketones (excluding diaryl/α,β-unsaturated/α-hetero) is 1. The van der Waals surface area contributed by atoms with Gasteiger partial charge < -0.3 is 24.2 Å². The van der Waals surface area contributed by atoms with Crippen LogP contribution in [-0.2, 0) is 43.2 Å². The lowest BCUT2D eigenvalue weighted by Gasteiger charge is -2.24. The van der Waals surface area contributed by atoms with Crippen molar-refractivity contribution in [2.24, 2.45) is 5.92 Å². The van der Waals surface area contributed by atoms with Crippen molar-refractivity contribution in [3.05, 3.63) is 35.0 Å². The largest absolute Gasteiger partial charge is 0.501 e. The number of halogens is 3. The van der Waals surface area contributed by atoms with Gasteiger partial charge in [-0.15, -0.1) is 0 Å². The Hall–Kier alpha value is -3.24. The average Bonchev–Trinajstić information content (AvgIpc) is 2.91. The molecule has 0 amide bonds. The fraction of sp³-hybridized carbons (Fsp3) is 0.615. The highest BCUT2D eigenvalue weighted by atomic mass is 32.2. The quantitative estimate of drug-likeness (QED) is 0.0454. The van der Waals surface area contributed by atoms with Gasteiger partial charge in [-0.3, -0.25) is 14.8 Å². The Kier molecular flexibility index (Phi) is 15.5. The molecule has 0 unspecified atom stereocenters. The molecule has 1 aromatic carbocycles. The molecule has 1 rings (SSSR count). The Morgan fingerprint density at radius 1 is 0.929 bits per heavy atom. The molecule has 0 aliphatic rings. The lowest BCUT2D eigenvalue weighted by Crippen LogP contribution is -2.42. The number of hydrogen-bond acceptors (Lipinski definition) is 11. The maximum Gasteiger partial charge on any atom is 0.501 e. The van der Waals surface area contributed by atoms with Crippen molar-refractivity contribution in [2.75, 3.05) is 39.6 Å². The first-order valence-corrected chi connectivity index (χ1v) is 14.6. The minimum atomic E-state index is -6.15. The molecule has 0 radical (unpaired) electrons. The number of unbranched alkanes of at least 4 members (excludes halogenated alkanes) is 2. The van der Waals surface area contributed by atoms with Crippen molar-refractivity contribution in [1.29, 1.82) is 0 Å². The zero-order valence-corrected chi connectivity index (χ0v) is 24.4. The van der Waals surface area contributed by atoms with E-state index in [0.29, 0.717) is 32.1 Å². The highest BCUT2D eigenvalue weighted by Gasteiger charge is 2.53. The number of alkyl halides is 3. The summed E-state index contributed by atoms with van der Waals surface area (Å²) in [6.07, 6.45) is 3.02. The van der Waals surface area contributed by atoms with Gasteiger partial charge >= 0.3 is 23.2 Å². The van der Waals surface area contributed by atoms with Crippen LogP contribution in [-0.4, -0.2) is 87.1 Å². The van der Waals surface area contributed by atoms with Gasteiger partial charge in [-0.05, 0) is 31.4 Å². The minimum absolute atomic E-state index is 0.121. The van der Waals surface area contributed by atoms with Crippen LogP contribution in [0.25, 0.3) is 0 Å². The molecular weight excluding hydrogens is 591 g/mol. The summed E-state index contributed by atoms with van der Waals surface area (Å²) in [5, 5.41) is 22.2. The number of ketones is 1. The second-order valence-corrected chi connectivity index (χ2v) is 10.9. The van der Waals surface area contributed by atoms with E-state index in [0.717, 1.165) is 38.0 Å². The molecular formula is C26H36F3NO11S. The van der Waals surface area contributed by atoms with Gasteiger partial charge in [0.1, 0.15) is 30.8 Å². The van der Waals surface area contributed by atoms with Crippen molar-refractivity contribution in [2.45, 2.75) is 62.8 Å². The third kappa shape index (κ3) is 10.5. The number of benzene rings is 1. The smallest absolute Gasteiger partial charge is 0.463 e. The Morgan fingerprint density at radius 3 is 1.93 bits per heavy atom. The standard InChI is InChI=1S/C26H36F3NO11S/c1-4-6-12-38-14-16-40-24(32)21(18(3)31)22(19-10-8-9-11-20(19)42(36,37)26(27,28)29)23(30(34)35)25(33)41-17-15-39-13-7-5-2/h8-11,21-22H,4-7,12-17H2,1-3H3,(H,34,35)/t21-,22-/m1/s1. The van der Waals surface area contributed by atoms with Crippen LogP contribution in [0.3, 0.4) is 0 Å². The van der Waals surface area contributed by atoms with Crippen LogP contribution in [0.15, 0.2) is 29.2 Å². The number of carbonyl (C=O) groups excluding carboxylic acids is 3. The predicted molar refractivity (Wildman–Crippen MR) is 140 cm³/mol. The van der Waals surface area contributed by atoms with E-state index in [-0.39, 0.29) is 13.2 Å². The summed E-state index contributed by atoms with van der Waals surface area (Å²) in [6, 6.07) is 3.27. The summed E-state index contributed by atoms with van der Waals surface area (Å²) in [5.74, 6) is -8.80. The maximum absolute atomic E-state index is 13.6. The fourth-order valence-corrected chi connectivity index (χ4v) is 4.72. The van der Waals surface area contributed by atoms with Crippen LogP contribution in [0, 0.1) is 11.1 Å². The normalized spacial score (nSPS) is 14.0. The lowest BCUT2D eigenvalue weighted by molar-refractivity contribution is -0.726. The highest BCUT2D eigenvalue weighted by molar-refractivity contribution is 7.92. The number of esters is 2. The zero-order chi connectivity index (χ0) is 31.9. The second kappa shape index (κ2) is 17.7. The van der Waals surface area contributed by atoms with Gasteiger partial charge in [0.15, 0.2) is 0 Å². The van der Waals surface area contributed by atoms with Gasteiger partial charge in [0, 0.05) is 18.1 Å². The van der Waals surface area contributed by atoms with Gasteiger partial charge in [0.05, 0.1) is 18.1 Å². The number of nitrogens with zero attached hydrogens (tertiary/aromatic N) is 1. The van der Waals surface area contributed by atoms with E-state index < -0.39 is 79.2 Å². The third-order valence-electron chi connectivity index (χ3n) is 5.80. The van der Waals surface area contributed by atoms with Crippen molar-refractivity contribution in [1.82, 2.24) is 0 Å². The molecule has 2 atom stereocenters. The van der Waals surface area contributed by atoms with Crippen molar-refractivity contribution in [3.8, 4) is 0 Å². The minimum Gasteiger partial charge on any atom is -0.463 e. The summed E-state index contributed by atoms with van der Waals surface area (Å²) in [5.41, 5.74) is -8.22. The molecule has 0 bridgehead atoms. The number of ether oxygens (including phenoxy) is 4. The van der Waals surface area contributed by atoms with Gasteiger partial charge in [0.2, 0.25) is 0 Å². The number of carbonyl (C=O) groups is 3. The molecule has 0 spiro atoms. The van der Waals surface area contributed by atoms with Crippen molar-refractivity contribution >= 4 is 33.3 Å². The molecule has 16 heteroatoms. The van der Waals surface area contributed by atoms with E-state index in [2.05, 4.69) is 0 Å². The molecule has 0 fully saturated rings. The Bertz CT molecular complexity index is 1180. The van der Waals surface area contributed by atoms with E-state index in [1.165, 1.54) is 0 Å². The summed E-state index contributed by atoms with van der Waals surface area (Å²) >= 11 is 0. The summed E-state index contributed by atoms with van der Waals surface area (Å²) in [4.78, 5) is 36.3. The van der Waals surface area contributed by atoms with Gasteiger partial charge in [-0.25, -0.2) is 13.2 Å². The topological polar surface area (TPSA) is 169 Å². The van der Waals surface area contributed by atoms with Gasteiger partial charge in [0.25, 0.3) is 9.84 Å². The fourth-order valence-electron chi connectivity index (χ4n) is 3.71. The number of sulfone groups is 1. The molecule has 0 aromatic heterocycles. The van der Waals surface area contributed by atoms with E-state index in [4.69, 9.17) is 18.9 Å². The van der Waals surface area contributed by atoms with Crippen LogP contribution in [0.1, 0.15) is 57.9 Å². The molecule has 12 nitrogen and oxygen atoms in total. The monoisotopic (exact) mass is 627 g/mol. The molecule has 42 heavy (non-hydrogen) atoms. The maximum atomic E-state index is 13.6. The van der Waals surface area contributed by atoms with Gasteiger partial charge in [-0.2, -0.15) is 13.2 Å². The van der Waals surface area contributed by atoms with Crippen LogP contribution in [0.4, 0.5) is 13.2 Å². The lowest BCUT2D eigenvalue weighted by atomic mass is 9.80. The molecule has 1 N–H and O–H groups in total. The first-order valence-electron chi connectivity index (χ1n) is 13.1. The molecule has 238 valence electrons. The molecule has 0 heterocycles. The molecule has 0 aliphatic carbocycles. The molecule has 0 aliphatic heterocycles. The first-order chi connectivity index (χ1) is 19.7. The van der Waals surface area contributed by atoms with Crippen molar-refractivity contribution in [3.63, 3.8) is 0 Å². The number of rotatable bonds is 19. The Labute approximate surface area is 241 Å². The van der Waals surface area contributed by atoms with Gasteiger partial charge in [-0.1, -0.05) is 44.9 Å². The molecule has 0 saturated heterocycles. The first kappa shape index (κ1) is 36.8. The predicted octanol–water partition coefficient (Wildman–Crippen LogP) is 3.33. The molecule has 0 saturated carbocycles. The van der Waals surface area contributed by atoms with Crippen LogP contribution in [0.5, 0.6) is 0 Å². The van der Waals surface area contributed by atoms with Crippen LogP contribution in [0.2, 0.25) is 0 Å². The molecule has 1 aromatic rings. The van der Waals surface area contributed by atoms with E-state index in [1.54, 1.807) is 0 Å². The number of hydrogen-bond donors (Lipinski definition) is 1. The third-order valence-corrected chi connectivity index (χ3v) is 7.36. The van der Waals surface area contributed by atoms with E-state index >= 15 is 0 Å². The highest BCUT2D eigenvalue weighted by Crippen LogP contribution is 2.38. The second-order valence-electron chi connectivity index (χ2n) is 8.95. The zero-order valence-electron chi connectivity index (χ0n) is 23.6. The van der Waals surface area contributed by atoms with Crippen molar-refractivity contribution < 1.29 is 65.0 Å².